The van der Waals surface area contributed by atoms with Gasteiger partial charge in [0.25, 0.3) is 11.8 Å². The molecule has 1 saturated carbocycles. The third kappa shape index (κ3) is 6.04. The van der Waals surface area contributed by atoms with Gasteiger partial charge in [0.05, 0.1) is 22.9 Å². The average molecular weight is 519 g/mol. The van der Waals surface area contributed by atoms with Crippen LogP contribution < -0.4 is 15.4 Å². The fourth-order valence-corrected chi connectivity index (χ4v) is 4.54. The SMILES string of the molecule is CCc1nc2c(cc1NC(=O)c1ccccc1)c(OCC(F)(F)F)c(C(=O)NC1CCC(O)CC1)n2C. The normalized spacial score (nSPS) is 18.0. The number of alkyl halides is 3. The predicted molar refractivity (Wildman–Crippen MR) is 132 cm³/mol. The third-order valence-corrected chi connectivity index (χ3v) is 6.44. The fourth-order valence-electron chi connectivity index (χ4n) is 4.54. The molecule has 0 bridgehead atoms. The maximum atomic E-state index is 13.3. The number of carbonyl (C=O) groups is 2. The van der Waals surface area contributed by atoms with E-state index in [1.807, 2.05) is 6.92 Å². The van der Waals surface area contributed by atoms with Gasteiger partial charge in [-0.25, -0.2) is 4.98 Å². The summed E-state index contributed by atoms with van der Waals surface area (Å²) in [7, 11) is 1.54. The van der Waals surface area contributed by atoms with Gasteiger partial charge in [0, 0.05) is 18.7 Å². The molecule has 2 heterocycles. The van der Waals surface area contributed by atoms with Crippen LogP contribution in [0.15, 0.2) is 36.4 Å². The second-order valence-electron chi connectivity index (χ2n) is 9.15. The fraction of sp³-hybridized carbons (Fsp3) is 0.423. The van der Waals surface area contributed by atoms with Crippen molar-refractivity contribution in [2.24, 2.45) is 7.05 Å². The number of nitrogens with zero attached hydrogens (tertiary/aromatic N) is 2. The number of carbonyl (C=O) groups excluding carboxylic acids is 2. The van der Waals surface area contributed by atoms with Crippen LogP contribution in [0.2, 0.25) is 0 Å². The van der Waals surface area contributed by atoms with E-state index >= 15 is 0 Å². The van der Waals surface area contributed by atoms with Gasteiger partial charge in [0.15, 0.2) is 18.1 Å². The molecular weight excluding hydrogens is 489 g/mol. The Hall–Kier alpha value is -3.60. The van der Waals surface area contributed by atoms with Crippen LogP contribution in [-0.2, 0) is 13.5 Å². The summed E-state index contributed by atoms with van der Waals surface area (Å²) in [5.41, 5.74) is 1.40. The quantitative estimate of drug-likeness (QED) is 0.431. The first-order valence-electron chi connectivity index (χ1n) is 12.1. The van der Waals surface area contributed by atoms with Gasteiger partial charge in [0.2, 0.25) is 0 Å². The van der Waals surface area contributed by atoms with Crippen molar-refractivity contribution in [2.75, 3.05) is 11.9 Å². The van der Waals surface area contributed by atoms with Crippen molar-refractivity contribution < 1.29 is 32.6 Å². The summed E-state index contributed by atoms with van der Waals surface area (Å²) in [6, 6.07) is 9.77. The second kappa shape index (κ2) is 10.8. The van der Waals surface area contributed by atoms with Gasteiger partial charge in [-0.2, -0.15) is 13.2 Å². The summed E-state index contributed by atoms with van der Waals surface area (Å²) in [5, 5.41) is 15.6. The summed E-state index contributed by atoms with van der Waals surface area (Å²) in [4.78, 5) is 30.6. The molecule has 0 spiro atoms. The first-order valence-corrected chi connectivity index (χ1v) is 12.1. The predicted octanol–water partition coefficient (Wildman–Crippen LogP) is 4.36. The van der Waals surface area contributed by atoms with Crippen molar-refractivity contribution in [3.05, 3.63) is 53.3 Å². The van der Waals surface area contributed by atoms with Crippen LogP contribution in [0.3, 0.4) is 0 Å². The Bertz CT molecular complexity index is 1280. The molecule has 1 aromatic carbocycles. The molecule has 11 heteroatoms. The summed E-state index contributed by atoms with van der Waals surface area (Å²) in [5.74, 6) is -1.25. The van der Waals surface area contributed by atoms with Crippen LogP contribution in [0.4, 0.5) is 18.9 Å². The molecule has 0 atom stereocenters. The van der Waals surface area contributed by atoms with Gasteiger partial charge in [0.1, 0.15) is 5.65 Å². The minimum atomic E-state index is -4.63. The van der Waals surface area contributed by atoms with Crippen LogP contribution >= 0.6 is 0 Å². The molecule has 0 unspecified atom stereocenters. The molecule has 198 valence electrons. The number of rotatable bonds is 7. The zero-order chi connectivity index (χ0) is 26.7. The number of aromatic nitrogens is 2. The van der Waals surface area contributed by atoms with E-state index in [1.165, 1.54) is 17.7 Å². The van der Waals surface area contributed by atoms with Gasteiger partial charge in [-0.1, -0.05) is 25.1 Å². The Kier molecular flexibility index (Phi) is 7.72. The standard InChI is InChI=1S/C26H29F3N4O4/c1-3-19-20(32-24(35)15-7-5-4-6-8-15)13-18-22(37-14-26(27,28)29)21(33(2)23(18)31-19)25(36)30-16-9-11-17(34)12-10-16/h4-8,13,16-17,34H,3,9-12,14H2,1-2H3,(H,30,36)(H,32,35). The zero-order valence-electron chi connectivity index (χ0n) is 20.6. The highest BCUT2D eigenvalue weighted by atomic mass is 19.4. The molecule has 3 N–H and O–H groups in total. The van der Waals surface area contributed by atoms with Crippen molar-refractivity contribution in [3.63, 3.8) is 0 Å². The van der Waals surface area contributed by atoms with Gasteiger partial charge in [-0.05, 0) is 50.3 Å². The summed E-state index contributed by atoms with van der Waals surface area (Å²) >= 11 is 0. The molecule has 1 fully saturated rings. The Balaban J connectivity index is 1.75. The molecule has 0 saturated heterocycles. The second-order valence-corrected chi connectivity index (χ2v) is 9.15. The molecular formula is C26H29F3N4O4. The molecule has 37 heavy (non-hydrogen) atoms. The van der Waals surface area contributed by atoms with Crippen molar-refractivity contribution in [1.29, 1.82) is 0 Å². The number of fused-ring (bicyclic) bond motifs is 1. The number of halogens is 3. The number of aliphatic hydroxyl groups is 1. The first kappa shape index (κ1) is 26.5. The highest BCUT2D eigenvalue weighted by Crippen LogP contribution is 2.36. The van der Waals surface area contributed by atoms with E-state index in [1.54, 1.807) is 30.3 Å². The highest BCUT2D eigenvalue weighted by Gasteiger charge is 2.33. The van der Waals surface area contributed by atoms with Crippen LogP contribution in [0.1, 0.15) is 59.1 Å². The van der Waals surface area contributed by atoms with E-state index in [0.717, 1.165) is 0 Å². The van der Waals surface area contributed by atoms with E-state index in [2.05, 4.69) is 15.6 Å². The largest absolute Gasteiger partial charge is 0.481 e. The van der Waals surface area contributed by atoms with Gasteiger partial charge in [-0.3, -0.25) is 9.59 Å². The molecule has 4 rings (SSSR count). The number of amides is 2. The molecule has 0 aliphatic heterocycles. The maximum Gasteiger partial charge on any atom is 0.422 e. The number of aryl methyl sites for hydroxylation is 2. The van der Waals surface area contributed by atoms with Crippen LogP contribution in [0.5, 0.6) is 5.75 Å². The van der Waals surface area contributed by atoms with Gasteiger partial charge in [-0.15, -0.1) is 0 Å². The molecule has 2 aromatic heterocycles. The van der Waals surface area contributed by atoms with E-state index in [0.29, 0.717) is 49.0 Å². The smallest absolute Gasteiger partial charge is 0.422 e. The number of hydrogen-bond acceptors (Lipinski definition) is 5. The number of hydrogen-bond donors (Lipinski definition) is 3. The molecule has 3 aromatic rings. The van der Waals surface area contributed by atoms with Crippen LogP contribution in [0, 0.1) is 0 Å². The Labute approximate surface area is 211 Å². The lowest BCUT2D eigenvalue weighted by Crippen LogP contribution is -2.39. The van der Waals surface area contributed by atoms with Crippen LogP contribution in [0.25, 0.3) is 11.0 Å². The minimum Gasteiger partial charge on any atom is -0.481 e. The Morgan fingerprint density at radius 1 is 1.14 bits per heavy atom. The lowest BCUT2D eigenvalue weighted by molar-refractivity contribution is -0.153. The Morgan fingerprint density at radius 3 is 2.43 bits per heavy atom. The molecule has 1 aliphatic rings. The maximum absolute atomic E-state index is 13.3. The number of benzene rings is 1. The van der Waals surface area contributed by atoms with E-state index in [9.17, 15) is 27.9 Å². The topological polar surface area (TPSA) is 105 Å². The average Bonchev–Trinajstić information content (AvgIpc) is 3.14. The first-order chi connectivity index (χ1) is 17.6. The number of anilines is 1. The summed E-state index contributed by atoms with van der Waals surface area (Å²) < 4.78 is 46.0. The van der Waals surface area contributed by atoms with Crippen molar-refractivity contribution >= 4 is 28.5 Å². The van der Waals surface area contributed by atoms with E-state index in [4.69, 9.17) is 4.74 Å². The zero-order valence-corrected chi connectivity index (χ0v) is 20.6. The molecule has 2 amide bonds. The number of ether oxygens (including phenoxy) is 1. The Morgan fingerprint density at radius 2 is 1.81 bits per heavy atom. The molecule has 8 nitrogen and oxygen atoms in total. The number of aliphatic hydroxyl groups excluding tert-OH is 1. The summed E-state index contributed by atoms with van der Waals surface area (Å²) in [6.07, 6.45) is -2.44. The lowest BCUT2D eigenvalue weighted by Gasteiger charge is -2.26. The number of pyridine rings is 1. The number of nitrogens with one attached hydrogen (secondary N) is 2. The molecule has 0 radical (unpaired) electrons. The summed E-state index contributed by atoms with van der Waals surface area (Å²) in [6.45, 7) is 0.241. The van der Waals surface area contributed by atoms with Gasteiger partial charge < -0.3 is 25.0 Å². The highest BCUT2D eigenvalue weighted by molar-refractivity contribution is 6.07. The van der Waals surface area contributed by atoms with E-state index < -0.39 is 30.7 Å². The lowest BCUT2D eigenvalue weighted by atomic mass is 9.93. The minimum absolute atomic E-state index is 0.0912. The molecule has 1 aliphatic carbocycles. The monoisotopic (exact) mass is 518 g/mol. The van der Waals surface area contributed by atoms with Crippen molar-refractivity contribution in [2.45, 2.75) is 57.3 Å². The van der Waals surface area contributed by atoms with E-state index in [-0.39, 0.29) is 28.5 Å². The van der Waals surface area contributed by atoms with Crippen molar-refractivity contribution in [3.8, 4) is 5.75 Å². The van der Waals surface area contributed by atoms with Crippen LogP contribution in [-0.4, -0.2) is 51.4 Å². The third-order valence-electron chi connectivity index (χ3n) is 6.44. The van der Waals surface area contributed by atoms with Crippen molar-refractivity contribution in [1.82, 2.24) is 14.9 Å². The van der Waals surface area contributed by atoms with Gasteiger partial charge >= 0.3 is 6.18 Å².